The normalized spacial score (nSPS) is 20.7. The highest BCUT2D eigenvalue weighted by Crippen LogP contribution is 2.39. The average molecular weight is 417 g/mol. The zero-order valence-corrected chi connectivity index (χ0v) is 17.6. The van der Waals surface area contributed by atoms with Gasteiger partial charge >= 0.3 is 0 Å². The van der Waals surface area contributed by atoms with E-state index >= 15 is 0 Å². The summed E-state index contributed by atoms with van der Waals surface area (Å²) < 4.78 is 5.98. The Kier molecular flexibility index (Phi) is 5.68. The van der Waals surface area contributed by atoms with Gasteiger partial charge in [-0.25, -0.2) is 9.97 Å². The Labute approximate surface area is 182 Å². The fourth-order valence-corrected chi connectivity index (χ4v) is 4.67. The number of nitrogens with one attached hydrogen (secondary N) is 1. The first-order valence-corrected chi connectivity index (χ1v) is 10.9. The van der Waals surface area contributed by atoms with E-state index in [1.165, 1.54) is 11.1 Å². The predicted octanol–water partition coefficient (Wildman–Crippen LogP) is 3.25. The van der Waals surface area contributed by atoms with Gasteiger partial charge in [0.25, 0.3) is 0 Å². The first-order valence-electron chi connectivity index (χ1n) is 10.9. The van der Waals surface area contributed by atoms with Crippen LogP contribution in [0.2, 0.25) is 0 Å². The number of rotatable bonds is 6. The molecule has 160 valence electrons. The first-order chi connectivity index (χ1) is 15.2. The molecule has 3 aromatic rings. The largest absolute Gasteiger partial charge is 0.392 e. The molecule has 2 N–H and O–H groups in total. The summed E-state index contributed by atoms with van der Waals surface area (Å²) in [6.45, 7) is 4.92. The predicted molar refractivity (Wildman–Crippen MR) is 119 cm³/mol. The summed E-state index contributed by atoms with van der Waals surface area (Å²) in [5.41, 5.74) is 5.59. The monoisotopic (exact) mass is 416 g/mol. The summed E-state index contributed by atoms with van der Waals surface area (Å²) in [5.74, 6) is 0.682. The third kappa shape index (κ3) is 4.32. The van der Waals surface area contributed by atoms with Gasteiger partial charge in [-0.1, -0.05) is 54.6 Å². The quantitative estimate of drug-likeness (QED) is 0.643. The van der Waals surface area contributed by atoms with Crippen molar-refractivity contribution < 1.29 is 9.84 Å². The van der Waals surface area contributed by atoms with Crippen molar-refractivity contribution in [3.8, 4) is 0 Å². The molecule has 31 heavy (non-hydrogen) atoms. The van der Waals surface area contributed by atoms with E-state index in [2.05, 4.69) is 39.5 Å². The Bertz CT molecular complexity index is 1030. The number of benzene rings is 2. The molecule has 6 heteroatoms. The van der Waals surface area contributed by atoms with E-state index in [1.54, 1.807) is 0 Å². The average Bonchev–Trinajstić information content (AvgIpc) is 3.22. The van der Waals surface area contributed by atoms with E-state index in [-0.39, 0.29) is 12.0 Å². The van der Waals surface area contributed by atoms with Gasteiger partial charge in [0.2, 0.25) is 5.95 Å². The minimum absolute atomic E-state index is 0.0786. The smallest absolute Gasteiger partial charge is 0.223 e. The minimum atomic E-state index is -0.0786. The molecule has 0 radical (unpaired) electrons. The van der Waals surface area contributed by atoms with Crippen LogP contribution in [0, 0.1) is 0 Å². The van der Waals surface area contributed by atoms with Crippen LogP contribution in [0.25, 0.3) is 0 Å². The fraction of sp³-hybridized carbons (Fsp3) is 0.360. The van der Waals surface area contributed by atoms with Gasteiger partial charge in [-0.15, -0.1) is 0 Å². The Morgan fingerprint density at radius 1 is 1.03 bits per heavy atom. The molecule has 2 aromatic carbocycles. The Morgan fingerprint density at radius 2 is 1.84 bits per heavy atom. The van der Waals surface area contributed by atoms with Gasteiger partial charge in [0.15, 0.2) is 0 Å². The van der Waals surface area contributed by atoms with Crippen molar-refractivity contribution >= 4 is 5.95 Å². The molecule has 1 aromatic heterocycles. The lowest BCUT2D eigenvalue weighted by atomic mass is 9.80. The topological polar surface area (TPSA) is 70.5 Å². The number of aromatic nitrogens is 2. The highest BCUT2D eigenvalue weighted by Gasteiger charge is 2.44. The second kappa shape index (κ2) is 8.75. The van der Waals surface area contributed by atoms with Crippen LogP contribution in [-0.4, -0.2) is 39.7 Å². The van der Waals surface area contributed by atoms with E-state index < -0.39 is 0 Å². The summed E-state index contributed by atoms with van der Waals surface area (Å²) in [7, 11) is 0. The van der Waals surface area contributed by atoms with E-state index in [0.29, 0.717) is 25.7 Å². The molecule has 2 aliphatic rings. The molecule has 1 saturated heterocycles. The molecule has 0 aliphatic carbocycles. The molecule has 1 atom stereocenters. The summed E-state index contributed by atoms with van der Waals surface area (Å²) in [4.78, 5) is 12.0. The van der Waals surface area contributed by atoms with Crippen molar-refractivity contribution in [1.29, 1.82) is 0 Å². The molecule has 2 aliphatic heterocycles. The third-order valence-corrected chi connectivity index (χ3v) is 6.34. The second-order valence-corrected chi connectivity index (χ2v) is 8.62. The van der Waals surface area contributed by atoms with Crippen LogP contribution in [-0.2, 0) is 36.5 Å². The number of aliphatic hydroxyl groups excluding tert-OH is 1. The lowest BCUT2D eigenvalue weighted by Crippen LogP contribution is -2.40. The zero-order valence-electron chi connectivity index (χ0n) is 17.6. The van der Waals surface area contributed by atoms with E-state index in [1.807, 2.05) is 36.5 Å². The van der Waals surface area contributed by atoms with Gasteiger partial charge < -0.3 is 15.2 Å². The molecule has 0 amide bonds. The standard InChI is InChI=1S/C25H28N4O2/c30-15-21-8-6-20(7-9-21)14-29-11-10-25(17-29)18-31-16-22-13-27-24(28-23(22)25)26-12-19-4-2-1-3-5-19/h1-9,13,30H,10-12,14-18H2,(H,26,27,28). The van der Waals surface area contributed by atoms with Crippen molar-refractivity contribution in [2.45, 2.75) is 38.1 Å². The molecule has 6 nitrogen and oxygen atoms in total. The van der Waals surface area contributed by atoms with Crippen LogP contribution in [0.4, 0.5) is 5.95 Å². The SMILES string of the molecule is OCc1ccc(CN2CCC3(COCc4cnc(NCc5ccccc5)nc43)C2)cc1. The maximum Gasteiger partial charge on any atom is 0.223 e. The molecule has 1 unspecified atom stereocenters. The van der Waals surface area contributed by atoms with Crippen LogP contribution in [0.15, 0.2) is 60.8 Å². The number of hydrogen-bond acceptors (Lipinski definition) is 6. The number of ether oxygens (including phenoxy) is 1. The maximum absolute atomic E-state index is 9.26. The summed E-state index contributed by atoms with van der Waals surface area (Å²) >= 11 is 0. The van der Waals surface area contributed by atoms with Gasteiger partial charge in [-0.2, -0.15) is 0 Å². The number of nitrogens with zero attached hydrogens (tertiary/aromatic N) is 3. The van der Waals surface area contributed by atoms with Crippen LogP contribution < -0.4 is 5.32 Å². The van der Waals surface area contributed by atoms with Crippen molar-refractivity contribution in [1.82, 2.24) is 14.9 Å². The van der Waals surface area contributed by atoms with Crippen LogP contribution >= 0.6 is 0 Å². The molecular formula is C25H28N4O2. The Hall–Kier alpha value is -2.80. The van der Waals surface area contributed by atoms with Gasteiger partial charge in [0.1, 0.15) is 0 Å². The summed E-state index contributed by atoms with van der Waals surface area (Å²) in [5, 5.41) is 12.6. The third-order valence-electron chi connectivity index (χ3n) is 6.34. The lowest BCUT2D eigenvalue weighted by molar-refractivity contribution is 0.0503. The van der Waals surface area contributed by atoms with E-state index in [0.717, 1.165) is 42.9 Å². The Morgan fingerprint density at radius 3 is 2.65 bits per heavy atom. The lowest BCUT2D eigenvalue weighted by Gasteiger charge is -2.34. The van der Waals surface area contributed by atoms with Gasteiger partial charge in [0, 0.05) is 31.4 Å². The van der Waals surface area contributed by atoms with Gasteiger partial charge in [-0.3, -0.25) is 4.90 Å². The molecule has 0 bridgehead atoms. The highest BCUT2D eigenvalue weighted by molar-refractivity contribution is 5.37. The first kappa shape index (κ1) is 20.1. The molecule has 1 fully saturated rings. The molecular weight excluding hydrogens is 388 g/mol. The number of fused-ring (bicyclic) bond motifs is 2. The zero-order chi connectivity index (χ0) is 21.1. The second-order valence-electron chi connectivity index (χ2n) is 8.62. The molecule has 5 rings (SSSR count). The van der Waals surface area contributed by atoms with Crippen LogP contribution in [0.5, 0.6) is 0 Å². The molecule has 1 spiro atoms. The highest BCUT2D eigenvalue weighted by atomic mass is 16.5. The van der Waals surface area contributed by atoms with E-state index in [4.69, 9.17) is 9.72 Å². The van der Waals surface area contributed by atoms with Gasteiger partial charge in [-0.05, 0) is 29.7 Å². The van der Waals surface area contributed by atoms with Crippen molar-refractivity contribution in [2.75, 3.05) is 25.0 Å². The fourth-order valence-electron chi connectivity index (χ4n) is 4.67. The van der Waals surface area contributed by atoms with Crippen LogP contribution in [0.3, 0.4) is 0 Å². The molecule has 3 heterocycles. The molecule has 0 saturated carbocycles. The van der Waals surface area contributed by atoms with Gasteiger partial charge in [0.05, 0.1) is 30.9 Å². The van der Waals surface area contributed by atoms with Crippen molar-refractivity contribution in [2.24, 2.45) is 0 Å². The summed E-state index contributed by atoms with van der Waals surface area (Å²) in [6.07, 6.45) is 2.96. The van der Waals surface area contributed by atoms with Crippen molar-refractivity contribution in [3.05, 3.63) is 88.7 Å². The number of likely N-dealkylation sites (tertiary alicyclic amines) is 1. The number of anilines is 1. The number of hydrogen-bond donors (Lipinski definition) is 2. The summed E-state index contributed by atoms with van der Waals surface area (Å²) in [6, 6.07) is 18.5. The minimum Gasteiger partial charge on any atom is -0.392 e. The van der Waals surface area contributed by atoms with Crippen molar-refractivity contribution in [3.63, 3.8) is 0 Å². The van der Waals surface area contributed by atoms with E-state index in [9.17, 15) is 5.11 Å². The van der Waals surface area contributed by atoms with Crippen LogP contribution in [0.1, 0.15) is 34.4 Å². The maximum atomic E-state index is 9.26. The Balaban J connectivity index is 1.31. The number of aliphatic hydroxyl groups is 1.